The molecule has 4 nitrogen and oxygen atoms in total. The van der Waals surface area contributed by atoms with Crippen molar-refractivity contribution in [1.29, 1.82) is 0 Å². The predicted octanol–water partition coefficient (Wildman–Crippen LogP) is 1.15. The van der Waals surface area contributed by atoms with E-state index in [1.54, 1.807) is 11.3 Å². The number of benzene rings is 1. The van der Waals surface area contributed by atoms with Gasteiger partial charge in [0, 0.05) is 4.88 Å². The minimum atomic E-state index is 0. The highest BCUT2D eigenvalue weighted by molar-refractivity contribution is 7.16. The number of rotatable bonds is 1. The number of nitrogens with one attached hydrogen (secondary N) is 1. The number of likely N-dealkylation sites (N-methyl/N-ethyl adjacent to an activating group) is 1. The van der Waals surface area contributed by atoms with Gasteiger partial charge in [0.05, 0.1) is 50.2 Å². The minimum absolute atomic E-state index is 0. The summed E-state index contributed by atoms with van der Waals surface area (Å²) in [5.74, 6) is 1.09. The molecule has 2 aliphatic rings. The van der Waals surface area contributed by atoms with E-state index in [2.05, 4.69) is 48.5 Å². The molecule has 0 amide bonds. The Hall–Kier alpha value is -1.27. The van der Waals surface area contributed by atoms with Crippen molar-refractivity contribution in [1.82, 2.24) is 4.90 Å². The molecule has 0 aliphatic carbocycles. The van der Waals surface area contributed by atoms with Crippen molar-refractivity contribution in [2.24, 2.45) is 4.99 Å². The SMILES string of the molecule is Cc1cc2c(s1)Nc1ccccc1N=C2N1CC[N+](C)(CCl)CC1.[Cl-]. The second-order valence-corrected chi connectivity index (χ2v) is 8.35. The van der Waals surface area contributed by atoms with Gasteiger partial charge in [-0.25, -0.2) is 4.99 Å². The van der Waals surface area contributed by atoms with Crippen LogP contribution in [0.1, 0.15) is 10.4 Å². The van der Waals surface area contributed by atoms with Crippen LogP contribution in [0.2, 0.25) is 0 Å². The van der Waals surface area contributed by atoms with Crippen molar-refractivity contribution < 1.29 is 16.9 Å². The first-order valence-electron chi connectivity index (χ1n) is 8.28. The molecular weight excluding hydrogens is 375 g/mol. The molecule has 0 radical (unpaired) electrons. The number of piperazine rings is 1. The first-order chi connectivity index (χ1) is 11.6. The Morgan fingerprint density at radius 2 is 2.00 bits per heavy atom. The molecule has 0 atom stereocenters. The number of quaternary nitrogens is 1. The Bertz CT molecular complexity index is 794. The monoisotopic (exact) mass is 396 g/mol. The second kappa shape index (κ2) is 7.16. The summed E-state index contributed by atoms with van der Waals surface area (Å²) in [6.45, 7) is 6.23. The second-order valence-electron chi connectivity index (χ2n) is 6.85. The third kappa shape index (κ3) is 3.51. The fourth-order valence-electron chi connectivity index (χ4n) is 3.27. The quantitative estimate of drug-likeness (QED) is 0.444. The lowest BCUT2D eigenvalue weighted by Crippen LogP contribution is -3.00. The topological polar surface area (TPSA) is 27.6 Å². The van der Waals surface area contributed by atoms with Gasteiger partial charge in [0.25, 0.3) is 0 Å². The number of hydrogen-bond donors (Lipinski definition) is 1. The molecule has 3 heterocycles. The molecule has 7 heteroatoms. The van der Waals surface area contributed by atoms with E-state index in [0.29, 0.717) is 6.00 Å². The summed E-state index contributed by atoms with van der Waals surface area (Å²) in [7, 11) is 2.23. The molecule has 1 N–H and O–H groups in total. The fraction of sp³-hybridized carbons (Fsp3) is 0.389. The first-order valence-corrected chi connectivity index (χ1v) is 9.63. The summed E-state index contributed by atoms with van der Waals surface area (Å²) >= 11 is 7.94. The number of para-hydroxylation sites is 2. The van der Waals surface area contributed by atoms with Crippen LogP contribution in [0.5, 0.6) is 0 Å². The average molecular weight is 397 g/mol. The maximum atomic E-state index is 6.15. The molecule has 2 aliphatic heterocycles. The van der Waals surface area contributed by atoms with E-state index in [1.165, 1.54) is 15.4 Å². The normalized spacial score (nSPS) is 18.2. The van der Waals surface area contributed by atoms with Crippen molar-refractivity contribution in [2.45, 2.75) is 6.92 Å². The highest BCUT2D eigenvalue weighted by Crippen LogP contribution is 2.39. The summed E-state index contributed by atoms with van der Waals surface area (Å²) < 4.78 is 0.926. The van der Waals surface area contributed by atoms with Crippen molar-refractivity contribution in [3.8, 4) is 0 Å². The van der Waals surface area contributed by atoms with Crippen molar-refractivity contribution >= 4 is 45.1 Å². The number of aryl methyl sites for hydroxylation is 1. The van der Waals surface area contributed by atoms with Crippen LogP contribution in [0.25, 0.3) is 0 Å². The minimum Gasteiger partial charge on any atom is -1.00 e. The molecule has 4 rings (SSSR count). The van der Waals surface area contributed by atoms with Crippen LogP contribution < -0.4 is 17.7 Å². The van der Waals surface area contributed by atoms with Crippen molar-refractivity contribution in [3.63, 3.8) is 0 Å². The maximum absolute atomic E-state index is 6.15. The van der Waals surface area contributed by atoms with Crippen LogP contribution >= 0.6 is 22.9 Å². The van der Waals surface area contributed by atoms with Gasteiger partial charge >= 0.3 is 0 Å². The van der Waals surface area contributed by atoms with Crippen LogP contribution in [0.15, 0.2) is 35.3 Å². The summed E-state index contributed by atoms with van der Waals surface area (Å²) in [5.41, 5.74) is 3.30. The Morgan fingerprint density at radius 3 is 2.72 bits per heavy atom. The number of hydrogen-bond acceptors (Lipinski definition) is 4. The number of halogens is 2. The van der Waals surface area contributed by atoms with Gasteiger partial charge < -0.3 is 27.1 Å². The summed E-state index contributed by atoms with van der Waals surface area (Å²) in [4.78, 5) is 8.76. The molecule has 0 bridgehead atoms. The number of aliphatic imine (C=N–C) groups is 1. The summed E-state index contributed by atoms with van der Waals surface area (Å²) in [6, 6.07) is 11.2. The highest BCUT2D eigenvalue weighted by atomic mass is 35.5. The molecule has 1 saturated heterocycles. The van der Waals surface area contributed by atoms with E-state index in [0.717, 1.165) is 47.9 Å². The fourth-order valence-corrected chi connectivity index (χ4v) is 4.43. The third-order valence-corrected chi connectivity index (χ3v) is 6.43. The van der Waals surface area contributed by atoms with Gasteiger partial charge in [0.2, 0.25) is 0 Å². The molecule has 1 aromatic carbocycles. The summed E-state index contributed by atoms with van der Waals surface area (Å²) in [6.07, 6.45) is 0. The zero-order chi connectivity index (χ0) is 16.7. The Morgan fingerprint density at radius 1 is 1.28 bits per heavy atom. The zero-order valence-electron chi connectivity index (χ0n) is 14.4. The molecule has 134 valence electrons. The number of fused-ring (bicyclic) bond motifs is 2. The smallest absolute Gasteiger partial charge is 0.154 e. The number of thiophene rings is 1. The Balaban J connectivity index is 0.00000182. The molecule has 2 aromatic rings. The van der Waals surface area contributed by atoms with Gasteiger partial charge in [-0.05, 0) is 25.1 Å². The first kappa shape index (κ1) is 18.5. The number of anilines is 2. The molecule has 0 spiro atoms. The maximum Gasteiger partial charge on any atom is 0.154 e. The Labute approximate surface area is 164 Å². The van der Waals surface area contributed by atoms with Crippen LogP contribution in [0.3, 0.4) is 0 Å². The molecule has 1 aromatic heterocycles. The van der Waals surface area contributed by atoms with Crippen LogP contribution in [-0.2, 0) is 0 Å². The van der Waals surface area contributed by atoms with Gasteiger partial charge in [-0.2, -0.15) is 0 Å². The molecule has 1 fully saturated rings. The predicted molar refractivity (Wildman–Crippen MR) is 103 cm³/mol. The van der Waals surface area contributed by atoms with Gasteiger partial charge in [0.1, 0.15) is 10.8 Å². The zero-order valence-corrected chi connectivity index (χ0v) is 16.8. The lowest BCUT2D eigenvalue weighted by molar-refractivity contribution is -0.902. The van der Waals surface area contributed by atoms with Gasteiger partial charge in [-0.3, -0.25) is 0 Å². The van der Waals surface area contributed by atoms with E-state index >= 15 is 0 Å². The molecule has 0 saturated carbocycles. The Kier molecular flexibility index (Phi) is 5.30. The standard InChI is InChI=1S/C18H22ClN4S.ClH/c1-13-11-14-17(22-7-9-23(2,12-19)10-8-22)20-15-5-3-4-6-16(15)21-18(14)24-13;/h3-6,11,21H,7-10,12H2,1-2H3;1H/q+1;/p-1. The van der Waals surface area contributed by atoms with Gasteiger partial charge in [-0.15, -0.1) is 11.3 Å². The molecule has 25 heavy (non-hydrogen) atoms. The largest absolute Gasteiger partial charge is 1.00 e. The van der Waals surface area contributed by atoms with E-state index in [1.807, 2.05) is 6.07 Å². The summed E-state index contributed by atoms with van der Waals surface area (Å²) in [5, 5.41) is 4.76. The number of amidine groups is 1. The molecule has 0 unspecified atom stereocenters. The van der Waals surface area contributed by atoms with Crippen molar-refractivity contribution in [2.75, 3.05) is 44.5 Å². The van der Waals surface area contributed by atoms with E-state index < -0.39 is 0 Å². The molecular formula is C18H22Cl2N4S. The van der Waals surface area contributed by atoms with Gasteiger partial charge in [0.15, 0.2) is 6.00 Å². The van der Waals surface area contributed by atoms with Crippen LogP contribution in [0.4, 0.5) is 16.4 Å². The van der Waals surface area contributed by atoms with E-state index in [-0.39, 0.29) is 12.4 Å². The van der Waals surface area contributed by atoms with Gasteiger partial charge in [-0.1, -0.05) is 23.7 Å². The van der Waals surface area contributed by atoms with Crippen LogP contribution in [0, 0.1) is 6.92 Å². The highest BCUT2D eigenvalue weighted by Gasteiger charge is 2.31. The van der Waals surface area contributed by atoms with E-state index in [9.17, 15) is 0 Å². The van der Waals surface area contributed by atoms with Crippen LogP contribution in [-0.4, -0.2) is 54.4 Å². The third-order valence-electron chi connectivity index (χ3n) is 4.88. The number of alkyl halides is 1. The van der Waals surface area contributed by atoms with E-state index in [4.69, 9.17) is 16.6 Å². The average Bonchev–Trinajstić information content (AvgIpc) is 2.88. The van der Waals surface area contributed by atoms with Crippen molar-refractivity contribution in [3.05, 3.63) is 40.8 Å². The number of nitrogens with zero attached hydrogens (tertiary/aromatic N) is 3. The lowest BCUT2D eigenvalue weighted by Gasteiger charge is -2.41. The lowest BCUT2D eigenvalue weighted by atomic mass is 10.2.